The fraction of sp³-hybridized carbons (Fsp3) is 0.611. The summed E-state index contributed by atoms with van der Waals surface area (Å²) >= 11 is 5.89. The Hall–Kier alpha value is -1.86. The number of halogens is 1. The zero-order valence-corrected chi connectivity index (χ0v) is 15.9. The maximum atomic E-state index is 12.6. The van der Waals surface area contributed by atoms with Crippen molar-refractivity contribution in [2.45, 2.75) is 32.2 Å². The average molecular weight is 382 g/mol. The third kappa shape index (κ3) is 4.27. The summed E-state index contributed by atoms with van der Waals surface area (Å²) in [6.45, 7) is 6.24. The van der Waals surface area contributed by atoms with Crippen molar-refractivity contribution in [1.29, 1.82) is 0 Å². The minimum Gasteiger partial charge on any atom is -0.362 e. The Kier molecular flexibility index (Phi) is 5.98. The number of carbonyl (C=O) groups excluding carboxylic acids is 1. The van der Waals surface area contributed by atoms with Crippen molar-refractivity contribution in [1.82, 2.24) is 4.90 Å². The minimum absolute atomic E-state index is 0.0175. The quantitative estimate of drug-likeness (QED) is 0.631. The number of benzene rings is 1. The molecule has 1 N–H and O–H groups in total. The number of nitrogens with zero attached hydrogens (tertiary/aromatic N) is 3. The van der Waals surface area contributed by atoms with E-state index in [0.29, 0.717) is 49.5 Å². The molecule has 0 saturated carbocycles. The first kappa shape index (κ1) is 18.9. The van der Waals surface area contributed by atoms with Gasteiger partial charge >= 0.3 is 0 Å². The molecule has 0 bridgehead atoms. The smallest absolute Gasteiger partial charge is 0.294 e. The van der Waals surface area contributed by atoms with E-state index in [1.165, 1.54) is 30.2 Å². The van der Waals surface area contributed by atoms with Gasteiger partial charge in [0, 0.05) is 37.3 Å². The third-order valence-electron chi connectivity index (χ3n) is 5.57. The molecule has 2 aliphatic rings. The molecule has 0 aliphatic carbocycles. The van der Waals surface area contributed by atoms with Gasteiger partial charge in [0.25, 0.3) is 11.6 Å². The molecular formula is C18H26ClN4O3+. The van der Waals surface area contributed by atoms with E-state index in [1.807, 2.05) is 9.80 Å². The fourth-order valence-electron chi connectivity index (χ4n) is 3.93. The number of nitro benzene ring substituents is 1. The normalized spacial score (nSPS) is 23.8. The number of carbonyl (C=O) groups is 1. The van der Waals surface area contributed by atoms with E-state index in [4.69, 9.17) is 11.6 Å². The number of anilines is 1. The minimum atomic E-state index is -0.403. The zero-order valence-electron chi connectivity index (χ0n) is 15.1. The molecule has 2 atom stereocenters. The Labute approximate surface area is 158 Å². The molecule has 0 radical (unpaired) electrons. The monoisotopic (exact) mass is 381 g/mol. The topological polar surface area (TPSA) is 71.1 Å². The number of nitro groups is 1. The molecule has 1 aromatic rings. The number of quaternary nitrogens is 1. The molecular weight excluding hydrogens is 356 g/mol. The van der Waals surface area contributed by atoms with Crippen molar-refractivity contribution in [3.05, 3.63) is 33.3 Å². The number of nitrogens with one attached hydrogen (secondary N) is 1. The van der Waals surface area contributed by atoms with Crippen LogP contribution in [0.4, 0.5) is 11.4 Å². The van der Waals surface area contributed by atoms with Crippen molar-refractivity contribution in [2.75, 3.05) is 44.2 Å². The molecule has 0 spiro atoms. The maximum Gasteiger partial charge on any atom is 0.294 e. The molecule has 3 rings (SSSR count). The Morgan fingerprint density at radius 3 is 2.69 bits per heavy atom. The van der Waals surface area contributed by atoms with Gasteiger partial charge in [0.2, 0.25) is 0 Å². The van der Waals surface area contributed by atoms with E-state index in [9.17, 15) is 14.9 Å². The highest BCUT2D eigenvalue weighted by Gasteiger charge is 2.30. The SMILES string of the molecule is C[C@H]1CCCC[NH+]1CC(=O)N1CCN(c2ccc(Cl)cc2[N+](=O)[O-])CC1. The fourth-order valence-corrected chi connectivity index (χ4v) is 4.10. The van der Waals surface area contributed by atoms with Crippen LogP contribution >= 0.6 is 11.6 Å². The average Bonchev–Trinajstić information content (AvgIpc) is 2.63. The van der Waals surface area contributed by atoms with Crippen LogP contribution in [0.25, 0.3) is 0 Å². The molecule has 2 aliphatic heterocycles. The lowest BCUT2D eigenvalue weighted by Gasteiger charge is -2.37. The first-order valence-corrected chi connectivity index (χ1v) is 9.64. The Morgan fingerprint density at radius 2 is 2.04 bits per heavy atom. The summed E-state index contributed by atoms with van der Waals surface area (Å²) < 4.78 is 0. The van der Waals surface area contributed by atoms with Crippen LogP contribution in [-0.4, -0.2) is 61.0 Å². The molecule has 26 heavy (non-hydrogen) atoms. The van der Waals surface area contributed by atoms with Crippen molar-refractivity contribution >= 4 is 28.9 Å². The van der Waals surface area contributed by atoms with Gasteiger partial charge < -0.3 is 14.7 Å². The van der Waals surface area contributed by atoms with Gasteiger partial charge in [-0.1, -0.05) is 11.6 Å². The number of rotatable bonds is 4. The summed E-state index contributed by atoms with van der Waals surface area (Å²) in [5.41, 5.74) is 0.589. The molecule has 7 nitrogen and oxygen atoms in total. The van der Waals surface area contributed by atoms with E-state index < -0.39 is 4.92 Å². The number of hydrogen-bond acceptors (Lipinski definition) is 4. The highest BCUT2D eigenvalue weighted by molar-refractivity contribution is 6.30. The molecule has 2 fully saturated rings. The molecule has 2 heterocycles. The zero-order chi connectivity index (χ0) is 18.7. The second-order valence-corrected chi connectivity index (χ2v) is 7.68. The number of piperidine rings is 1. The van der Waals surface area contributed by atoms with Gasteiger partial charge in [-0.15, -0.1) is 0 Å². The second-order valence-electron chi connectivity index (χ2n) is 7.24. The van der Waals surface area contributed by atoms with Crippen molar-refractivity contribution in [2.24, 2.45) is 0 Å². The first-order valence-electron chi connectivity index (χ1n) is 9.27. The lowest BCUT2D eigenvalue weighted by molar-refractivity contribution is -0.921. The number of hydrogen-bond donors (Lipinski definition) is 1. The molecule has 8 heteroatoms. The summed E-state index contributed by atoms with van der Waals surface area (Å²) in [6, 6.07) is 5.29. The first-order chi connectivity index (χ1) is 12.5. The van der Waals surface area contributed by atoms with E-state index in [-0.39, 0.29) is 11.6 Å². The Bertz CT molecular complexity index is 676. The van der Waals surface area contributed by atoms with E-state index >= 15 is 0 Å². The third-order valence-corrected chi connectivity index (χ3v) is 5.80. The second kappa shape index (κ2) is 8.22. The molecule has 142 valence electrons. The predicted molar refractivity (Wildman–Crippen MR) is 101 cm³/mol. The molecule has 1 unspecified atom stereocenters. The van der Waals surface area contributed by atoms with Crippen molar-refractivity contribution in [3.8, 4) is 0 Å². The van der Waals surface area contributed by atoms with Gasteiger partial charge in [-0.2, -0.15) is 0 Å². The van der Waals surface area contributed by atoms with Gasteiger partial charge in [-0.05, 0) is 38.3 Å². The van der Waals surface area contributed by atoms with Crippen LogP contribution in [0.2, 0.25) is 5.02 Å². The van der Waals surface area contributed by atoms with E-state index in [1.54, 1.807) is 12.1 Å². The van der Waals surface area contributed by atoms with Crippen LogP contribution < -0.4 is 9.80 Å². The van der Waals surface area contributed by atoms with Crippen LogP contribution in [0.1, 0.15) is 26.2 Å². The largest absolute Gasteiger partial charge is 0.362 e. The summed E-state index contributed by atoms with van der Waals surface area (Å²) in [6.07, 6.45) is 3.65. The standard InChI is InChI=1S/C18H25ClN4O3/c1-14-4-2-3-7-22(14)13-18(24)21-10-8-20(9-11-21)16-6-5-15(19)12-17(16)23(25)26/h5-6,12,14H,2-4,7-11,13H2,1H3/p+1/t14-/m0/s1. The highest BCUT2D eigenvalue weighted by Crippen LogP contribution is 2.31. The number of amides is 1. The summed E-state index contributed by atoms with van der Waals surface area (Å²) in [5, 5.41) is 11.6. The van der Waals surface area contributed by atoms with Crippen molar-refractivity contribution < 1.29 is 14.6 Å². The van der Waals surface area contributed by atoms with Crippen LogP contribution in [0, 0.1) is 10.1 Å². The van der Waals surface area contributed by atoms with Crippen LogP contribution in [0.3, 0.4) is 0 Å². The molecule has 1 aromatic carbocycles. The van der Waals surface area contributed by atoms with Gasteiger partial charge in [-0.25, -0.2) is 0 Å². The molecule has 2 saturated heterocycles. The molecule has 1 amide bonds. The summed E-state index contributed by atoms with van der Waals surface area (Å²) in [5.74, 6) is 0.194. The van der Waals surface area contributed by atoms with Gasteiger partial charge in [0.05, 0.1) is 17.5 Å². The highest BCUT2D eigenvalue weighted by atomic mass is 35.5. The van der Waals surface area contributed by atoms with Crippen LogP contribution in [0.15, 0.2) is 18.2 Å². The lowest BCUT2D eigenvalue weighted by atomic mass is 10.0. The summed E-state index contributed by atoms with van der Waals surface area (Å²) in [4.78, 5) is 28.8. The summed E-state index contributed by atoms with van der Waals surface area (Å²) in [7, 11) is 0. The Balaban J connectivity index is 1.59. The Morgan fingerprint density at radius 1 is 1.31 bits per heavy atom. The van der Waals surface area contributed by atoms with E-state index in [0.717, 1.165) is 6.54 Å². The number of likely N-dealkylation sites (tertiary alicyclic amines) is 1. The van der Waals surface area contributed by atoms with Gasteiger partial charge in [0.15, 0.2) is 6.54 Å². The van der Waals surface area contributed by atoms with Crippen LogP contribution in [0.5, 0.6) is 0 Å². The van der Waals surface area contributed by atoms with Gasteiger partial charge in [-0.3, -0.25) is 14.9 Å². The predicted octanol–water partition coefficient (Wildman–Crippen LogP) is 1.35. The lowest BCUT2D eigenvalue weighted by Crippen LogP contribution is -3.17. The van der Waals surface area contributed by atoms with Gasteiger partial charge in [0.1, 0.15) is 5.69 Å². The van der Waals surface area contributed by atoms with Crippen LogP contribution in [-0.2, 0) is 4.79 Å². The maximum absolute atomic E-state index is 12.6. The number of piperazine rings is 1. The van der Waals surface area contributed by atoms with Crippen molar-refractivity contribution in [3.63, 3.8) is 0 Å². The van der Waals surface area contributed by atoms with E-state index in [2.05, 4.69) is 6.92 Å². The molecule has 0 aromatic heterocycles.